The molecule has 15 heavy (non-hydrogen) atoms. The summed E-state index contributed by atoms with van der Waals surface area (Å²) < 4.78 is 0. The highest BCUT2D eigenvalue weighted by molar-refractivity contribution is 9.09. The zero-order chi connectivity index (χ0) is 10.7. The molecule has 0 spiro atoms. The quantitative estimate of drug-likeness (QED) is 0.838. The van der Waals surface area contributed by atoms with Crippen LogP contribution < -0.4 is 0 Å². The maximum atomic E-state index is 12.0. The Balaban J connectivity index is 2.06. The van der Waals surface area contributed by atoms with Gasteiger partial charge in [0, 0.05) is 17.9 Å². The van der Waals surface area contributed by atoms with E-state index in [0.717, 1.165) is 24.7 Å². The Bertz CT molecular complexity index is 323. The zero-order valence-electron chi connectivity index (χ0n) is 8.32. The van der Waals surface area contributed by atoms with Crippen molar-refractivity contribution in [3.8, 4) is 0 Å². The minimum absolute atomic E-state index is 0.0205. The van der Waals surface area contributed by atoms with Gasteiger partial charge in [-0.1, -0.05) is 15.9 Å². The van der Waals surface area contributed by atoms with E-state index in [1.54, 1.807) is 0 Å². The summed E-state index contributed by atoms with van der Waals surface area (Å²) >= 11 is 3.37. The number of nitrogens with one attached hydrogen (secondary N) is 1. The van der Waals surface area contributed by atoms with E-state index in [1.807, 2.05) is 4.90 Å². The van der Waals surface area contributed by atoms with Gasteiger partial charge in [0.1, 0.15) is 0 Å². The van der Waals surface area contributed by atoms with Crippen LogP contribution in [0.25, 0.3) is 0 Å². The number of aromatic nitrogens is 3. The second kappa shape index (κ2) is 4.74. The van der Waals surface area contributed by atoms with Crippen molar-refractivity contribution in [2.45, 2.75) is 25.3 Å². The largest absolute Gasteiger partial charge is 0.333 e. The summed E-state index contributed by atoms with van der Waals surface area (Å²) in [4.78, 5) is 13.9. The van der Waals surface area contributed by atoms with E-state index in [4.69, 9.17) is 0 Å². The number of hydrogen-bond acceptors (Lipinski definition) is 3. The fourth-order valence-electron chi connectivity index (χ4n) is 1.69. The third-order valence-corrected chi connectivity index (χ3v) is 3.09. The van der Waals surface area contributed by atoms with Crippen LogP contribution in [0.5, 0.6) is 0 Å². The SMILES string of the molecule is O=C(c1cn[nH]n1)N(CCBr)C1CCC1. The van der Waals surface area contributed by atoms with Gasteiger partial charge in [-0.25, -0.2) is 0 Å². The Kier molecular flexibility index (Phi) is 3.35. The van der Waals surface area contributed by atoms with E-state index in [1.165, 1.54) is 12.6 Å². The van der Waals surface area contributed by atoms with Gasteiger partial charge in [0.15, 0.2) is 5.69 Å². The van der Waals surface area contributed by atoms with Crippen molar-refractivity contribution >= 4 is 21.8 Å². The molecule has 0 aromatic carbocycles. The lowest BCUT2D eigenvalue weighted by atomic mass is 9.91. The molecule has 1 heterocycles. The smallest absolute Gasteiger partial charge is 0.276 e. The van der Waals surface area contributed by atoms with Crippen LogP contribution in [0, 0.1) is 0 Å². The molecule has 1 fully saturated rings. The van der Waals surface area contributed by atoms with Crippen molar-refractivity contribution in [3.63, 3.8) is 0 Å². The number of halogens is 1. The number of rotatable bonds is 4. The topological polar surface area (TPSA) is 61.9 Å². The Morgan fingerprint density at radius 3 is 2.93 bits per heavy atom. The molecule has 1 aliphatic carbocycles. The first kappa shape index (κ1) is 10.6. The Morgan fingerprint density at radius 1 is 1.67 bits per heavy atom. The zero-order valence-corrected chi connectivity index (χ0v) is 9.90. The molecule has 0 atom stereocenters. The summed E-state index contributed by atoms with van der Waals surface area (Å²) in [6.07, 6.45) is 4.91. The van der Waals surface area contributed by atoms with E-state index < -0.39 is 0 Å². The van der Waals surface area contributed by atoms with Crippen molar-refractivity contribution in [3.05, 3.63) is 11.9 Å². The van der Waals surface area contributed by atoms with Crippen LogP contribution in [0.2, 0.25) is 0 Å². The maximum Gasteiger partial charge on any atom is 0.276 e. The van der Waals surface area contributed by atoms with Crippen LogP contribution in [0.4, 0.5) is 0 Å². The number of hydrogen-bond donors (Lipinski definition) is 1. The second-order valence-electron chi connectivity index (χ2n) is 3.63. The third-order valence-electron chi connectivity index (χ3n) is 2.74. The first-order chi connectivity index (χ1) is 7.33. The fourth-order valence-corrected chi connectivity index (χ4v) is 2.07. The lowest BCUT2D eigenvalue weighted by molar-refractivity contribution is 0.0593. The molecule has 1 aromatic heterocycles. The average molecular weight is 273 g/mol. The lowest BCUT2D eigenvalue weighted by Gasteiger charge is -2.36. The normalized spacial score (nSPS) is 16.1. The van der Waals surface area contributed by atoms with Gasteiger partial charge < -0.3 is 4.90 Å². The first-order valence-electron chi connectivity index (χ1n) is 5.05. The molecular formula is C9H13BrN4O. The van der Waals surface area contributed by atoms with Crippen LogP contribution in [0.1, 0.15) is 29.8 Å². The van der Waals surface area contributed by atoms with Crippen molar-refractivity contribution in [1.29, 1.82) is 0 Å². The Hall–Kier alpha value is -0.910. The van der Waals surface area contributed by atoms with Gasteiger partial charge in [-0.3, -0.25) is 4.79 Å². The minimum Gasteiger partial charge on any atom is -0.333 e. The number of nitrogens with zero attached hydrogens (tertiary/aromatic N) is 3. The molecule has 0 radical (unpaired) electrons. The number of H-pyrrole nitrogens is 1. The molecule has 1 aromatic rings. The van der Waals surface area contributed by atoms with E-state index in [2.05, 4.69) is 31.3 Å². The van der Waals surface area contributed by atoms with Gasteiger partial charge >= 0.3 is 0 Å². The Labute approximate surface area is 96.4 Å². The molecule has 0 bridgehead atoms. The molecule has 2 rings (SSSR count). The molecule has 1 aliphatic rings. The molecule has 0 aliphatic heterocycles. The number of carbonyl (C=O) groups excluding carboxylic acids is 1. The second-order valence-corrected chi connectivity index (χ2v) is 4.42. The van der Waals surface area contributed by atoms with Gasteiger partial charge in [-0.05, 0) is 19.3 Å². The number of alkyl halides is 1. The summed E-state index contributed by atoms with van der Waals surface area (Å²) in [5.74, 6) is -0.0205. The molecule has 1 N–H and O–H groups in total. The van der Waals surface area contributed by atoms with Gasteiger partial charge in [-0.2, -0.15) is 15.4 Å². The molecule has 1 amide bonds. The predicted molar refractivity (Wildman–Crippen MR) is 58.9 cm³/mol. The summed E-state index contributed by atoms with van der Waals surface area (Å²) in [5.41, 5.74) is 0.405. The highest BCUT2D eigenvalue weighted by atomic mass is 79.9. The van der Waals surface area contributed by atoms with E-state index in [0.29, 0.717) is 11.7 Å². The van der Waals surface area contributed by atoms with Gasteiger partial charge in [-0.15, -0.1) is 0 Å². The van der Waals surface area contributed by atoms with Crippen LogP contribution in [0.3, 0.4) is 0 Å². The molecule has 0 saturated heterocycles. The summed E-state index contributed by atoms with van der Waals surface area (Å²) in [7, 11) is 0. The average Bonchev–Trinajstić information content (AvgIpc) is 2.66. The summed E-state index contributed by atoms with van der Waals surface area (Å²) in [6, 6.07) is 0.395. The van der Waals surface area contributed by atoms with Gasteiger partial charge in [0.25, 0.3) is 5.91 Å². The fraction of sp³-hybridized carbons (Fsp3) is 0.667. The number of amides is 1. The van der Waals surface area contributed by atoms with Gasteiger partial charge in [0.2, 0.25) is 0 Å². The van der Waals surface area contributed by atoms with E-state index in [-0.39, 0.29) is 5.91 Å². The van der Waals surface area contributed by atoms with Crippen LogP contribution in [-0.4, -0.2) is 44.1 Å². The molecular weight excluding hydrogens is 260 g/mol. The lowest BCUT2D eigenvalue weighted by Crippen LogP contribution is -2.45. The van der Waals surface area contributed by atoms with Crippen molar-refractivity contribution in [1.82, 2.24) is 20.3 Å². The third kappa shape index (κ3) is 2.19. The standard InChI is InChI=1S/C9H13BrN4O/c10-4-5-14(7-2-1-3-7)9(15)8-6-11-13-12-8/h6-7H,1-5H2,(H,11,12,13). The minimum atomic E-state index is -0.0205. The maximum absolute atomic E-state index is 12.0. The van der Waals surface area contributed by atoms with Crippen molar-refractivity contribution in [2.75, 3.05) is 11.9 Å². The molecule has 6 heteroatoms. The highest BCUT2D eigenvalue weighted by Crippen LogP contribution is 2.25. The number of aromatic amines is 1. The van der Waals surface area contributed by atoms with Crippen LogP contribution in [-0.2, 0) is 0 Å². The predicted octanol–water partition coefficient (Wildman–Crippen LogP) is 1.19. The van der Waals surface area contributed by atoms with Crippen molar-refractivity contribution < 1.29 is 4.79 Å². The summed E-state index contributed by atoms with van der Waals surface area (Å²) in [6.45, 7) is 0.732. The van der Waals surface area contributed by atoms with Crippen molar-refractivity contribution in [2.24, 2.45) is 0 Å². The highest BCUT2D eigenvalue weighted by Gasteiger charge is 2.29. The van der Waals surface area contributed by atoms with Crippen LogP contribution in [0.15, 0.2) is 6.20 Å². The molecule has 1 saturated carbocycles. The first-order valence-corrected chi connectivity index (χ1v) is 6.18. The van der Waals surface area contributed by atoms with E-state index in [9.17, 15) is 4.79 Å². The van der Waals surface area contributed by atoms with Crippen LogP contribution >= 0.6 is 15.9 Å². The van der Waals surface area contributed by atoms with E-state index >= 15 is 0 Å². The molecule has 82 valence electrons. The summed E-state index contributed by atoms with van der Waals surface area (Å²) in [5, 5.41) is 10.7. The monoisotopic (exact) mass is 272 g/mol. The van der Waals surface area contributed by atoms with Gasteiger partial charge in [0.05, 0.1) is 6.20 Å². The molecule has 5 nitrogen and oxygen atoms in total. The number of carbonyl (C=O) groups is 1. The Morgan fingerprint density at radius 2 is 2.47 bits per heavy atom. The molecule has 0 unspecified atom stereocenters.